The van der Waals surface area contributed by atoms with Crippen LogP contribution in [0, 0.1) is 31.6 Å². The summed E-state index contributed by atoms with van der Waals surface area (Å²) in [6.07, 6.45) is -2.75. The summed E-state index contributed by atoms with van der Waals surface area (Å²) in [6, 6.07) is 18.5. The number of rotatable bonds is 5. The molecule has 1 unspecified atom stereocenters. The minimum absolute atomic E-state index is 0.00504. The summed E-state index contributed by atoms with van der Waals surface area (Å²) < 4.78 is 83.9. The van der Waals surface area contributed by atoms with Crippen molar-refractivity contribution < 1.29 is 26.0 Å². The number of fused-ring (bicyclic) bond motifs is 1. The van der Waals surface area contributed by atoms with Crippen LogP contribution in [0.1, 0.15) is 47.4 Å². The lowest BCUT2D eigenvalue weighted by molar-refractivity contribution is -0.139. The summed E-state index contributed by atoms with van der Waals surface area (Å²) in [6.45, 7) is 3.87. The predicted octanol–water partition coefficient (Wildman–Crippen LogP) is 7.78. The molecule has 0 aromatic heterocycles. The van der Waals surface area contributed by atoms with E-state index in [0.717, 1.165) is 35.2 Å². The van der Waals surface area contributed by atoms with Crippen LogP contribution in [0.3, 0.4) is 0 Å². The van der Waals surface area contributed by atoms with Gasteiger partial charge in [-0.3, -0.25) is 4.39 Å². The van der Waals surface area contributed by atoms with Gasteiger partial charge in [0.1, 0.15) is 0 Å². The highest BCUT2D eigenvalue weighted by Crippen LogP contribution is 2.56. The number of halogens is 4. The highest BCUT2D eigenvalue weighted by Gasteiger charge is 2.52. The zero-order valence-corrected chi connectivity index (χ0v) is 22.9. The van der Waals surface area contributed by atoms with E-state index in [4.69, 9.17) is 0 Å². The highest BCUT2D eigenvalue weighted by molar-refractivity contribution is 7.89. The summed E-state index contributed by atoms with van der Waals surface area (Å²) in [5.74, 6) is -0.590. The van der Waals surface area contributed by atoms with Crippen molar-refractivity contribution in [3.05, 3.63) is 89.0 Å². The van der Waals surface area contributed by atoms with Crippen LogP contribution in [0.15, 0.2) is 71.6 Å². The standard InChI is InChI=1S/C31H33F4NO2S/c1-20-8-7-10-24(21(20)2)22-13-15-23(16-14-22)30-26(18-32)25-9-5-6-17-36(19-27(25)30)39(37,38)29-12-4-3-11-28(29)31(33,34)35/h3-4,7-8,10-16,25-27,30H,5-6,9,17-19H2,1-2H3/t25?,26-,27+,30+/m0/s1. The minimum atomic E-state index is -4.79. The molecule has 1 aliphatic heterocycles. The molecular formula is C31H33F4NO2S. The smallest absolute Gasteiger partial charge is 0.251 e. The van der Waals surface area contributed by atoms with Crippen molar-refractivity contribution >= 4 is 10.0 Å². The zero-order valence-electron chi connectivity index (χ0n) is 22.1. The number of benzene rings is 3. The second kappa shape index (κ2) is 10.7. The molecule has 5 rings (SSSR count). The maximum absolute atomic E-state index is 14.3. The number of sulfonamides is 1. The van der Waals surface area contributed by atoms with Crippen molar-refractivity contribution in [2.45, 2.75) is 50.1 Å². The van der Waals surface area contributed by atoms with Crippen LogP contribution >= 0.6 is 0 Å². The second-order valence-corrected chi connectivity index (χ2v) is 12.8. The fraction of sp³-hybridized carbons (Fsp3) is 0.419. The molecule has 0 N–H and O–H groups in total. The molecule has 2 fully saturated rings. The largest absolute Gasteiger partial charge is 0.417 e. The number of alkyl halides is 4. The van der Waals surface area contributed by atoms with Crippen LogP contribution in [-0.2, 0) is 16.2 Å². The van der Waals surface area contributed by atoms with E-state index in [9.17, 15) is 26.0 Å². The van der Waals surface area contributed by atoms with Gasteiger partial charge in [0, 0.05) is 13.1 Å². The number of nitrogens with zero attached hydrogens (tertiary/aromatic N) is 1. The SMILES string of the molecule is Cc1cccc(-c2ccc([C@H]3[C@@H]4CN(S(=O)(=O)c5ccccc5C(F)(F)F)CCCCC4[C@@H]3CF)cc2)c1C. The van der Waals surface area contributed by atoms with Crippen molar-refractivity contribution in [3.63, 3.8) is 0 Å². The van der Waals surface area contributed by atoms with Crippen molar-refractivity contribution in [2.24, 2.45) is 17.8 Å². The Balaban J connectivity index is 1.46. The van der Waals surface area contributed by atoms with Gasteiger partial charge >= 0.3 is 6.18 Å². The minimum Gasteiger partial charge on any atom is -0.251 e. The lowest BCUT2D eigenvalue weighted by Crippen LogP contribution is -2.53. The molecule has 208 valence electrons. The monoisotopic (exact) mass is 559 g/mol. The van der Waals surface area contributed by atoms with Crippen molar-refractivity contribution in [3.8, 4) is 11.1 Å². The summed E-state index contributed by atoms with van der Waals surface area (Å²) in [5, 5.41) is 0. The zero-order chi connectivity index (χ0) is 27.9. The Labute approximate surface area is 227 Å². The molecule has 39 heavy (non-hydrogen) atoms. The lowest BCUT2D eigenvalue weighted by Gasteiger charge is -2.54. The Morgan fingerprint density at radius 3 is 2.31 bits per heavy atom. The van der Waals surface area contributed by atoms with Crippen LogP contribution < -0.4 is 0 Å². The maximum atomic E-state index is 14.3. The molecular weight excluding hydrogens is 526 g/mol. The van der Waals surface area contributed by atoms with E-state index in [1.54, 1.807) is 0 Å². The third kappa shape index (κ3) is 5.13. The third-order valence-electron chi connectivity index (χ3n) is 8.83. The quantitative estimate of drug-likeness (QED) is 0.300. The first-order valence-electron chi connectivity index (χ1n) is 13.4. The van der Waals surface area contributed by atoms with E-state index in [1.165, 1.54) is 27.6 Å². The van der Waals surface area contributed by atoms with Crippen LogP contribution in [0.2, 0.25) is 0 Å². The van der Waals surface area contributed by atoms with Crippen molar-refractivity contribution in [1.82, 2.24) is 4.31 Å². The van der Waals surface area contributed by atoms with Gasteiger partial charge in [0.15, 0.2) is 0 Å². The molecule has 3 aromatic rings. The Morgan fingerprint density at radius 1 is 0.897 bits per heavy atom. The first-order chi connectivity index (χ1) is 18.5. The van der Waals surface area contributed by atoms with Crippen molar-refractivity contribution in [2.75, 3.05) is 19.8 Å². The maximum Gasteiger partial charge on any atom is 0.417 e. The molecule has 3 aromatic carbocycles. The summed E-state index contributed by atoms with van der Waals surface area (Å²) >= 11 is 0. The van der Waals surface area contributed by atoms with Gasteiger partial charge in [0.25, 0.3) is 0 Å². The van der Waals surface area contributed by atoms with E-state index >= 15 is 0 Å². The second-order valence-electron chi connectivity index (χ2n) is 10.9. The summed E-state index contributed by atoms with van der Waals surface area (Å²) in [4.78, 5) is -0.717. The van der Waals surface area contributed by atoms with Gasteiger partial charge in [0.2, 0.25) is 10.0 Å². The molecule has 1 saturated heterocycles. The van der Waals surface area contributed by atoms with Crippen LogP contribution in [-0.4, -0.2) is 32.5 Å². The van der Waals surface area contributed by atoms with Crippen LogP contribution in [0.4, 0.5) is 17.6 Å². The number of hydrogen-bond acceptors (Lipinski definition) is 2. The third-order valence-corrected chi connectivity index (χ3v) is 10.8. The molecule has 1 heterocycles. The molecule has 3 nitrogen and oxygen atoms in total. The Kier molecular flexibility index (Phi) is 7.63. The number of hydrogen-bond donors (Lipinski definition) is 0. The predicted molar refractivity (Wildman–Crippen MR) is 145 cm³/mol. The lowest BCUT2D eigenvalue weighted by atomic mass is 9.53. The average molecular weight is 560 g/mol. The fourth-order valence-corrected chi connectivity index (χ4v) is 8.36. The molecule has 0 bridgehead atoms. The molecule has 1 aliphatic carbocycles. The molecule has 1 saturated carbocycles. The average Bonchev–Trinajstić information content (AvgIpc) is 2.89. The van der Waals surface area contributed by atoms with Crippen LogP contribution in [0.5, 0.6) is 0 Å². The van der Waals surface area contributed by atoms with Crippen LogP contribution in [0.25, 0.3) is 11.1 Å². The normalized spacial score (nSPS) is 24.4. The van der Waals surface area contributed by atoms with E-state index in [1.807, 2.05) is 30.3 Å². The molecule has 8 heteroatoms. The van der Waals surface area contributed by atoms with E-state index in [-0.39, 0.29) is 36.8 Å². The number of aryl methyl sites for hydroxylation is 1. The van der Waals surface area contributed by atoms with Gasteiger partial charge in [-0.05, 0) is 90.3 Å². The molecule has 0 radical (unpaired) electrons. The topological polar surface area (TPSA) is 37.4 Å². The Hall–Kier alpha value is -2.71. The Bertz CT molecular complexity index is 1440. The molecule has 2 aliphatic rings. The van der Waals surface area contributed by atoms with Gasteiger partial charge in [0.05, 0.1) is 17.1 Å². The first kappa shape index (κ1) is 27.8. The molecule has 0 spiro atoms. The fourth-order valence-electron chi connectivity index (χ4n) is 6.63. The van der Waals surface area contributed by atoms with E-state index in [2.05, 4.69) is 26.0 Å². The van der Waals surface area contributed by atoms with E-state index in [0.29, 0.717) is 12.8 Å². The van der Waals surface area contributed by atoms with E-state index < -0.39 is 33.3 Å². The first-order valence-corrected chi connectivity index (χ1v) is 14.9. The van der Waals surface area contributed by atoms with Gasteiger partial charge in [-0.2, -0.15) is 17.5 Å². The highest BCUT2D eigenvalue weighted by atomic mass is 32.2. The molecule has 0 amide bonds. The molecule has 4 atom stereocenters. The summed E-state index contributed by atoms with van der Waals surface area (Å²) in [5.41, 5.74) is 4.35. The van der Waals surface area contributed by atoms with Gasteiger partial charge in [-0.1, -0.05) is 61.0 Å². The van der Waals surface area contributed by atoms with Gasteiger partial charge in [-0.15, -0.1) is 0 Å². The van der Waals surface area contributed by atoms with Gasteiger partial charge < -0.3 is 0 Å². The van der Waals surface area contributed by atoms with Gasteiger partial charge in [-0.25, -0.2) is 8.42 Å². The summed E-state index contributed by atoms with van der Waals surface area (Å²) in [7, 11) is -4.40. The van der Waals surface area contributed by atoms with Crippen molar-refractivity contribution in [1.29, 1.82) is 0 Å². The Morgan fingerprint density at radius 2 is 1.62 bits per heavy atom.